The second-order valence-electron chi connectivity index (χ2n) is 13.0. The van der Waals surface area contributed by atoms with Gasteiger partial charge in [0.25, 0.3) is 0 Å². The summed E-state index contributed by atoms with van der Waals surface area (Å²) in [5.74, 6) is 0.741. The Hall–Kier alpha value is -6.56. The fourth-order valence-electron chi connectivity index (χ4n) is 7.90. The molecule has 7 aromatic carbocycles. The smallest absolute Gasteiger partial charge is 0.160 e. The summed E-state index contributed by atoms with van der Waals surface area (Å²) in [6, 6.07) is 60.6. The first kappa shape index (κ1) is 28.3. The number of hydrogen-bond donors (Lipinski definition) is 0. The van der Waals surface area contributed by atoms with E-state index in [0.717, 1.165) is 44.2 Å². The zero-order valence-electron chi connectivity index (χ0n) is 27.4. The summed E-state index contributed by atoms with van der Waals surface area (Å²) >= 11 is 1.76. The average Bonchev–Trinajstić information content (AvgIpc) is 3.86. The summed E-state index contributed by atoms with van der Waals surface area (Å²) in [5.41, 5.74) is 11.1. The molecule has 0 spiro atoms. The van der Waals surface area contributed by atoms with Crippen LogP contribution in [0.1, 0.15) is 0 Å². The van der Waals surface area contributed by atoms with Gasteiger partial charge in [-0.25, -0.2) is 9.97 Å². The van der Waals surface area contributed by atoms with Crippen molar-refractivity contribution in [2.75, 3.05) is 0 Å². The van der Waals surface area contributed by atoms with E-state index in [1.165, 1.54) is 53.7 Å². The molecule has 5 heteroatoms. The molecule has 4 aromatic heterocycles. The van der Waals surface area contributed by atoms with Crippen LogP contribution >= 0.6 is 11.3 Å². The molecule has 0 saturated carbocycles. The first-order valence-electron chi connectivity index (χ1n) is 17.2. The second kappa shape index (κ2) is 11.0. The number of nitrogens with zero attached hydrogens (tertiary/aromatic N) is 4. The summed E-state index contributed by atoms with van der Waals surface area (Å²) in [4.78, 5) is 10.3. The topological polar surface area (TPSA) is 35.6 Å². The number of thiophene rings is 1. The van der Waals surface area contributed by atoms with Crippen LogP contribution in [0, 0.1) is 0 Å². The zero-order valence-corrected chi connectivity index (χ0v) is 28.2. The Kier molecular flexibility index (Phi) is 6.09. The lowest BCUT2D eigenvalue weighted by molar-refractivity contribution is 1.17. The van der Waals surface area contributed by atoms with Gasteiger partial charge in [0.05, 0.1) is 38.0 Å². The molecule has 0 bridgehead atoms. The highest BCUT2D eigenvalue weighted by Crippen LogP contribution is 2.43. The molecule has 51 heavy (non-hydrogen) atoms. The van der Waals surface area contributed by atoms with Crippen LogP contribution < -0.4 is 0 Å². The van der Waals surface area contributed by atoms with Crippen LogP contribution in [-0.2, 0) is 0 Å². The maximum atomic E-state index is 5.23. The Morgan fingerprint density at radius 3 is 1.82 bits per heavy atom. The largest absolute Gasteiger partial charge is 0.309 e. The number of benzene rings is 7. The van der Waals surface area contributed by atoms with Gasteiger partial charge in [0.1, 0.15) is 0 Å². The standard InChI is InChI=1S/C46H28N4S/c1-3-13-30(14-4-1)46-47-42(45-43(48-46)36-19-9-12-22-40(36)51-45)29-23-25-32(26-24-29)50-37-20-10-7-17-33(37)34-27-28-39-41(44(34)50)35-18-8-11-21-38(35)49(39)31-15-5-2-6-16-31/h1-28H. The Balaban J connectivity index is 1.17. The van der Waals surface area contributed by atoms with Crippen LogP contribution in [0.25, 0.3) is 97.9 Å². The van der Waals surface area contributed by atoms with Gasteiger partial charge in [-0.15, -0.1) is 11.3 Å². The lowest BCUT2D eigenvalue weighted by atomic mass is 10.1. The van der Waals surface area contributed by atoms with Crippen molar-refractivity contribution in [1.29, 1.82) is 0 Å². The van der Waals surface area contributed by atoms with Gasteiger partial charge in [-0.3, -0.25) is 0 Å². The molecule has 0 saturated heterocycles. The predicted octanol–water partition coefficient (Wildman–Crippen LogP) is 12.4. The summed E-state index contributed by atoms with van der Waals surface area (Å²) in [7, 11) is 0. The van der Waals surface area contributed by atoms with Crippen molar-refractivity contribution in [2.45, 2.75) is 0 Å². The third-order valence-electron chi connectivity index (χ3n) is 10.1. The second-order valence-corrected chi connectivity index (χ2v) is 14.0. The van der Waals surface area contributed by atoms with Gasteiger partial charge in [-0.2, -0.15) is 0 Å². The van der Waals surface area contributed by atoms with Gasteiger partial charge < -0.3 is 9.13 Å². The van der Waals surface area contributed by atoms with Crippen LogP contribution in [0.4, 0.5) is 0 Å². The van der Waals surface area contributed by atoms with E-state index in [1.807, 2.05) is 18.2 Å². The minimum absolute atomic E-state index is 0.741. The normalized spacial score (nSPS) is 11.9. The van der Waals surface area contributed by atoms with E-state index in [0.29, 0.717) is 0 Å². The Labute approximate surface area is 297 Å². The van der Waals surface area contributed by atoms with Crippen LogP contribution in [0.5, 0.6) is 0 Å². The fourth-order valence-corrected chi connectivity index (χ4v) is 9.06. The van der Waals surface area contributed by atoms with Crippen molar-refractivity contribution in [3.05, 3.63) is 170 Å². The van der Waals surface area contributed by atoms with Crippen LogP contribution in [-0.4, -0.2) is 19.1 Å². The van der Waals surface area contributed by atoms with Gasteiger partial charge >= 0.3 is 0 Å². The van der Waals surface area contributed by atoms with Gasteiger partial charge in [0.2, 0.25) is 0 Å². The molecule has 0 N–H and O–H groups in total. The Bertz CT molecular complexity index is 3120. The average molecular weight is 669 g/mol. The van der Waals surface area contributed by atoms with Crippen LogP contribution in [0.15, 0.2) is 170 Å². The summed E-state index contributed by atoms with van der Waals surface area (Å²) in [6.45, 7) is 0. The highest BCUT2D eigenvalue weighted by atomic mass is 32.1. The molecule has 0 aliphatic heterocycles. The summed E-state index contributed by atoms with van der Waals surface area (Å²) < 4.78 is 7.16. The van der Waals surface area contributed by atoms with Gasteiger partial charge in [0, 0.05) is 54.1 Å². The number of rotatable bonds is 4. The van der Waals surface area contributed by atoms with E-state index in [2.05, 4.69) is 161 Å². The molecule has 0 radical (unpaired) electrons. The van der Waals surface area contributed by atoms with E-state index in [1.54, 1.807) is 11.3 Å². The highest BCUT2D eigenvalue weighted by molar-refractivity contribution is 7.26. The quantitative estimate of drug-likeness (QED) is 0.187. The monoisotopic (exact) mass is 668 g/mol. The molecule has 11 aromatic rings. The number of aromatic nitrogens is 4. The van der Waals surface area contributed by atoms with Crippen molar-refractivity contribution < 1.29 is 0 Å². The van der Waals surface area contributed by atoms with Crippen LogP contribution in [0.2, 0.25) is 0 Å². The molecule has 0 fully saturated rings. The minimum Gasteiger partial charge on any atom is -0.309 e. The van der Waals surface area contributed by atoms with E-state index in [4.69, 9.17) is 9.97 Å². The highest BCUT2D eigenvalue weighted by Gasteiger charge is 2.21. The molecule has 4 nitrogen and oxygen atoms in total. The molecule has 0 atom stereocenters. The molecular weight excluding hydrogens is 641 g/mol. The molecule has 0 aliphatic rings. The molecular formula is C46H28N4S. The van der Waals surface area contributed by atoms with Gasteiger partial charge in [-0.05, 0) is 48.5 Å². The minimum atomic E-state index is 0.741. The van der Waals surface area contributed by atoms with Crippen molar-refractivity contribution >= 4 is 75.3 Å². The van der Waals surface area contributed by atoms with E-state index in [9.17, 15) is 0 Å². The number of hydrogen-bond acceptors (Lipinski definition) is 3. The summed E-state index contributed by atoms with van der Waals surface area (Å²) in [6.07, 6.45) is 0. The van der Waals surface area contributed by atoms with Crippen LogP contribution in [0.3, 0.4) is 0 Å². The van der Waals surface area contributed by atoms with E-state index in [-0.39, 0.29) is 0 Å². The predicted molar refractivity (Wildman–Crippen MR) is 214 cm³/mol. The number of para-hydroxylation sites is 3. The molecule has 238 valence electrons. The molecule has 0 aliphatic carbocycles. The molecule has 4 heterocycles. The fraction of sp³-hybridized carbons (Fsp3) is 0. The maximum Gasteiger partial charge on any atom is 0.160 e. The SMILES string of the molecule is c1ccc(-c2nc(-c3ccc(-n4c5ccccc5c5ccc6c(c7ccccc7n6-c6ccccc6)c54)cc3)c3sc4ccccc4c3n2)cc1. The van der Waals surface area contributed by atoms with Gasteiger partial charge in [-0.1, -0.05) is 121 Å². The van der Waals surface area contributed by atoms with Crippen molar-refractivity contribution in [3.63, 3.8) is 0 Å². The lowest BCUT2D eigenvalue weighted by Crippen LogP contribution is -1.96. The summed E-state index contributed by atoms with van der Waals surface area (Å²) in [5, 5.41) is 6.14. The Morgan fingerprint density at radius 2 is 1.04 bits per heavy atom. The van der Waals surface area contributed by atoms with Crippen molar-refractivity contribution in [3.8, 4) is 34.0 Å². The number of fused-ring (bicyclic) bond motifs is 10. The third-order valence-corrected chi connectivity index (χ3v) is 11.3. The van der Waals surface area contributed by atoms with Crippen molar-refractivity contribution in [1.82, 2.24) is 19.1 Å². The van der Waals surface area contributed by atoms with E-state index >= 15 is 0 Å². The molecule has 0 unspecified atom stereocenters. The van der Waals surface area contributed by atoms with E-state index < -0.39 is 0 Å². The van der Waals surface area contributed by atoms with Gasteiger partial charge in [0.15, 0.2) is 5.82 Å². The zero-order chi connectivity index (χ0) is 33.5. The lowest BCUT2D eigenvalue weighted by Gasteiger charge is -2.12. The first-order chi connectivity index (χ1) is 25.3. The Morgan fingerprint density at radius 1 is 0.412 bits per heavy atom. The first-order valence-corrected chi connectivity index (χ1v) is 18.0. The molecule has 0 amide bonds. The maximum absolute atomic E-state index is 5.23. The third kappa shape index (κ3) is 4.19. The molecule has 11 rings (SSSR count). The van der Waals surface area contributed by atoms with Crippen molar-refractivity contribution in [2.24, 2.45) is 0 Å².